The van der Waals surface area contributed by atoms with Crippen molar-refractivity contribution in [2.75, 3.05) is 32.8 Å². The largest absolute Gasteiger partial charge is 0.396 e. The fraction of sp³-hybridized carbons (Fsp3) is 0.600. The number of nitrogens with zero attached hydrogens (tertiary/aromatic N) is 2. The van der Waals surface area contributed by atoms with Crippen molar-refractivity contribution in [3.63, 3.8) is 0 Å². The Morgan fingerprint density at radius 2 is 2.40 bits per heavy atom. The molecule has 0 spiro atoms. The van der Waals surface area contributed by atoms with Gasteiger partial charge in [-0.1, -0.05) is 6.07 Å². The Morgan fingerprint density at radius 3 is 3.15 bits per heavy atom. The Kier molecular flexibility index (Phi) is 5.95. The maximum absolute atomic E-state index is 11.8. The van der Waals surface area contributed by atoms with Gasteiger partial charge in [-0.3, -0.25) is 9.78 Å². The molecule has 1 saturated heterocycles. The molecule has 1 amide bonds. The first kappa shape index (κ1) is 14.9. The van der Waals surface area contributed by atoms with Gasteiger partial charge in [0.05, 0.1) is 6.42 Å². The Labute approximate surface area is 120 Å². The lowest BCUT2D eigenvalue weighted by molar-refractivity contribution is -0.120. The number of amides is 1. The van der Waals surface area contributed by atoms with E-state index in [1.807, 2.05) is 18.2 Å². The fourth-order valence-electron chi connectivity index (χ4n) is 2.59. The van der Waals surface area contributed by atoms with Gasteiger partial charge in [-0.2, -0.15) is 0 Å². The number of aliphatic hydroxyl groups excluding tert-OH is 1. The Bertz CT molecular complexity index is 411. The molecular formula is C15H23N3O2. The first-order valence-electron chi connectivity index (χ1n) is 7.27. The quantitative estimate of drug-likeness (QED) is 0.792. The number of hydrogen-bond acceptors (Lipinski definition) is 4. The maximum Gasteiger partial charge on any atom is 0.226 e. The predicted molar refractivity (Wildman–Crippen MR) is 77.2 cm³/mol. The Morgan fingerprint density at radius 1 is 1.50 bits per heavy atom. The van der Waals surface area contributed by atoms with E-state index in [-0.39, 0.29) is 12.5 Å². The third kappa shape index (κ3) is 4.90. The number of aliphatic hydroxyl groups is 1. The minimum atomic E-state index is 0.0133. The molecule has 110 valence electrons. The van der Waals surface area contributed by atoms with Gasteiger partial charge >= 0.3 is 0 Å². The van der Waals surface area contributed by atoms with Crippen molar-refractivity contribution in [3.8, 4) is 0 Å². The van der Waals surface area contributed by atoms with Gasteiger partial charge in [0, 0.05) is 38.1 Å². The van der Waals surface area contributed by atoms with Crippen LogP contribution in [-0.4, -0.2) is 53.7 Å². The molecule has 0 saturated carbocycles. The van der Waals surface area contributed by atoms with Crippen LogP contribution in [0.15, 0.2) is 24.4 Å². The third-order valence-corrected chi connectivity index (χ3v) is 3.68. The molecule has 5 nitrogen and oxygen atoms in total. The van der Waals surface area contributed by atoms with E-state index in [0.29, 0.717) is 18.9 Å². The zero-order chi connectivity index (χ0) is 14.2. The van der Waals surface area contributed by atoms with Crippen LogP contribution in [0.2, 0.25) is 0 Å². The topological polar surface area (TPSA) is 65.5 Å². The van der Waals surface area contributed by atoms with E-state index in [2.05, 4.69) is 15.2 Å². The summed E-state index contributed by atoms with van der Waals surface area (Å²) in [6.45, 7) is 3.77. The van der Waals surface area contributed by atoms with Gasteiger partial charge in [0.15, 0.2) is 0 Å². The highest BCUT2D eigenvalue weighted by atomic mass is 16.3. The summed E-state index contributed by atoms with van der Waals surface area (Å²) in [4.78, 5) is 18.2. The van der Waals surface area contributed by atoms with Crippen molar-refractivity contribution >= 4 is 5.91 Å². The van der Waals surface area contributed by atoms with Crippen LogP contribution in [0.1, 0.15) is 18.5 Å². The van der Waals surface area contributed by atoms with Gasteiger partial charge in [-0.05, 0) is 37.4 Å². The van der Waals surface area contributed by atoms with E-state index < -0.39 is 0 Å². The molecule has 0 bridgehead atoms. The second-order valence-electron chi connectivity index (χ2n) is 5.34. The number of nitrogens with one attached hydrogen (secondary N) is 1. The standard InChI is InChI=1S/C15H23N3O2/c19-12-13-4-3-8-18(11-13)9-7-17-15(20)10-14-5-1-2-6-16-14/h1-2,5-6,13,19H,3-4,7-12H2,(H,17,20). The van der Waals surface area contributed by atoms with Crippen molar-refractivity contribution in [1.82, 2.24) is 15.2 Å². The van der Waals surface area contributed by atoms with Gasteiger partial charge in [0.1, 0.15) is 0 Å². The SMILES string of the molecule is O=C(Cc1ccccn1)NCCN1CCCC(CO)C1. The minimum Gasteiger partial charge on any atom is -0.396 e. The van der Waals surface area contributed by atoms with Gasteiger partial charge < -0.3 is 15.3 Å². The first-order chi connectivity index (χ1) is 9.78. The molecule has 1 aliphatic rings. The van der Waals surface area contributed by atoms with Gasteiger partial charge in [-0.25, -0.2) is 0 Å². The highest BCUT2D eigenvalue weighted by Gasteiger charge is 2.18. The number of rotatable bonds is 6. The van der Waals surface area contributed by atoms with E-state index in [9.17, 15) is 9.90 Å². The van der Waals surface area contributed by atoms with Crippen molar-refractivity contribution in [1.29, 1.82) is 0 Å². The number of piperidine rings is 1. The molecule has 2 heterocycles. The molecule has 1 aromatic heterocycles. The predicted octanol–water partition coefficient (Wildman–Crippen LogP) is 0.445. The number of likely N-dealkylation sites (tertiary alicyclic amines) is 1. The smallest absolute Gasteiger partial charge is 0.226 e. The van der Waals surface area contributed by atoms with Crippen LogP contribution in [0.25, 0.3) is 0 Å². The van der Waals surface area contributed by atoms with E-state index in [1.54, 1.807) is 6.20 Å². The summed E-state index contributed by atoms with van der Waals surface area (Å²) >= 11 is 0. The van der Waals surface area contributed by atoms with Crippen molar-refractivity contribution < 1.29 is 9.90 Å². The van der Waals surface area contributed by atoms with Gasteiger partial charge in [-0.15, -0.1) is 0 Å². The zero-order valence-corrected chi connectivity index (χ0v) is 11.8. The Balaban J connectivity index is 1.64. The van der Waals surface area contributed by atoms with Gasteiger partial charge in [0.2, 0.25) is 5.91 Å². The lowest BCUT2D eigenvalue weighted by atomic mass is 9.99. The summed E-state index contributed by atoms with van der Waals surface area (Å²) in [7, 11) is 0. The molecule has 0 aliphatic carbocycles. The molecule has 2 N–H and O–H groups in total. The molecule has 1 fully saturated rings. The lowest BCUT2D eigenvalue weighted by Crippen LogP contribution is -2.41. The van der Waals surface area contributed by atoms with Crippen molar-refractivity contribution in [2.24, 2.45) is 5.92 Å². The molecule has 1 aromatic rings. The lowest BCUT2D eigenvalue weighted by Gasteiger charge is -2.31. The fourth-order valence-corrected chi connectivity index (χ4v) is 2.59. The number of hydrogen-bond donors (Lipinski definition) is 2. The molecule has 1 atom stereocenters. The Hall–Kier alpha value is -1.46. The van der Waals surface area contributed by atoms with Crippen LogP contribution in [0.3, 0.4) is 0 Å². The van der Waals surface area contributed by atoms with E-state index in [0.717, 1.165) is 38.2 Å². The molecule has 0 radical (unpaired) electrons. The number of carbonyl (C=O) groups is 1. The summed E-state index contributed by atoms with van der Waals surface area (Å²) in [5, 5.41) is 12.1. The van der Waals surface area contributed by atoms with Crippen molar-refractivity contribution in [2.45, 2.75) is 19.3 Å². The van der Waals surface area contributed by atoms with Crippen molar-refractivity contribution in [3.05, 3.63) is 30.1 Å². The van der Waals surface area contributed by atoms with Crippen LogP contribution >= 0.6 is 0 Å². The summed E-state index contributed by atoms with van der Waals surface area (Å²) in [5.41, 5.74) is 0.795. The van der Waals surface area contributed by atoms with E-state index in [1.165, 1.54) is 0 Å². The van der Waals surface area contributed by atoms with Gasteiger partial charge in [0.25, 0.3) is 0 Å². The summed E-state index contributed by atoms with van der Waals surface area (Å²) in [5.74, 6) is 0.410. The normalized spacial score (nSPS) is 19.8. The number of pyridine rings is 1. The second-order valence-corrected chi connectivity index (χ2v) is 5.34. The van der Waals surface area contributed by atoms with Crippen LogP contribution in [0.4, 0.5) is 0 Å². The first-order valence-corrected chi connectivity index (χ1v) is 7.27. The van der Waals surface area contributed by atoms with E-state index in [4.69, 9.17) is 0 Å². The molecule has 1 unspecified atom stereocenters. The summed E-state index contributed by atoms with van der Waals surface area (Å²) in [6, 6.07) is 5.59. The summed E-state index contributed by atoms with van der Waals surface area (Å²) in [6.07, 6.45) is 4.28. The average molecular weight is 277 g/mol. The third-order valence-electron chi connectivity index (χ3n) is 3.68. The highest BCUT2D eigenvalue weighted by molar-refractivity contribution is 5.78. The second kappa shape index (κ2) is 7.97. The maximum atomic E-state index is 11.8. The van der Waals surface area contributed by atoms with Crippen LogP contribution in [0, 0.1) is 5.92 Å². The summed E-state index contributed by atoms with van der Waals surface area (Å²) < 4.78 is 0. The van der Waals surface area contributed by atoms with Crippen LogP contribution in [-0.2, 0) is 11.2 Å². The van der Waals surface area contributed by atoms with E-state index >= 15 is 0 Å². The van der Waals surface area contributed by atoms with Crippen LogP contribution in [0.5, 0.6) is 0 Å². The molecular weight excluding hydrogens is 254 g/mol. The number of aromatic nitrogens is 1. The minimum absolute atomic E-state index is 0.0133. The average Bonchev–Trinajstić information content (AvgIpc) is 2.48. The zero-order valence-electron chi connectivity index (χ0n) is 11.8. The highest BCUT2D eigenvalue weighted by Crippen LogP contribution is 2.14. The monoisotopic (exact) mass is 277 g/mol. The number of carbonyl (C=O) groups excluding carboxylic acids is 1. The molecule has 5 heteroatoms. The molecule has 20 heavy (non-hydrogen) atoms. The van der Waals surface area contributed by atoms with Crippen LogP contribution < -0.4 is 5.32 Å². The molecule has 2 rings (SSSR count). The molecule has 0 aromatic carbocycles. The molecule has 1 aliphatic heterocycles.